The van der Waals surface area contributed by atoms with E-state index in [9.17, 15) is 4.39 Å². The van der Waals surface area contributed by atoms with E-state index in [4.69, 9.17) is 0 Å². The third-order valence-electron chi connectivity index (χ3n) is 3.89. The number of halogens is 1. The zero-order valence-electron chi connectivity index (χ0n) is 11.8. The fraction of sp³-hybridized carbons (Fsp3) is 0.438. The van der Waals surface area contributed by atoms with Gasteiger partial charge in [-0.3, -0.25) is 0 Å². The average molecular weight is 273 g/mol. The summed E-state index contributed by atoms with van der Waals surface area (Å²) >= 11 is 0. The molecule has 1 N–H and O–H groups in total. The number of nitrogens with zero attached hydrogens (tertiary/aromatic N) is 2. The molecule has 20 heavy (non-hydrogen) atoms. The summed E-state index contributed by atoms with van der Waals surface area (Å²) in [6, 6.07) is 6.95. The van der Waals surface area contributed by atoms with Crippen LogP contribution in [0.3, 0.4) is 0 Å². The van der Waals surface area contributed by atoms with Crippen molar-refractivity contribution in [2.24, 2.45) is 0 Å². The zero-order chi connectivity index (χ0) is 13.9. The van der Waals surface area contributed by atoms with Gasteiger partial charge >= 0.3 is 0 Å². The van der Waals surface area contributed by atoms with Gasteiger partial charge in [0.05, 0.1) is 11.9 Å². The highest BCUT2D eigenvalue weighted by Crippen LogP contribution is 2.30. The van der Waals surface area contributed by atoms with Gasteiger partial charge in [0, 0.05) is 17.3 Å². The fourth-order valence-corrected chi connectivity index (χ4v) is 2.89. The van der Waals surface area contributed by atoms with Crippen molar-refractivity contribution in [3.05, 3.63) is 47.5 Å². The highest BCUT2D eigenvalue weighted by atomic mass is 19.1. The monoisotopic (exact) mass is 273 g/mol. The lowest BCUT2D eigenvalue weighted by Crippen LogP contribution is -2.25. The molecule has 1 unspecified atom stereocenters. The topological polar surface area (TPSA) is 29.9 Å². The number of nitrogens with one attached hydrogen (secondary N) is 1. The van der Waals surface area contributed by atoms with Crippen LogP contribution in [-0.2, 0) is 6.42 Å². The van der Waals surface area contributed by atoms with Crippen LogP contribution in [0.4, 0.5) is 4.39 Å². The second kappa shape index (κ2) is 5.75. The lowest BCUT2D eigenvalue weighted by molar-refractivity contribution is 0.456. The molecule has 3 rings (SSSR count). The maximum atomic E-state index is 13.0. The molecule has 0 saturated heterocycles. The van der Waals surface area contributed by atoms with Crippen molar-refractivity contribution in [3.8, 4) is 5.69 Å². The van der Waals surface area contributed by atoms with E-state index in [0.717, 1.165) is 25.1 Å². The van der Waals surface area contributed by atoms with E-state index in [-0.39, 0.29) is 5.82 Å². The summed E-state index contributed by atoms with van der Waals surface area (Å²) in [5.41, 5.74) is 3.49. The van der Waals surface area contributed by atoms with Crippen LogP contribution < -0.4 is 5.32 Å². The smallest absolute Gasteiger partial charge is 0.123 e. The van der Waals surface area contributed by atoms with E-state index in [1.807, 2.05) is 10.9 Å². The molecule has 3 nitrogen and oxygen atoms in total. The largest absolute Gasteiger partial charge is 0.310 e. The third kappa shape index (κ3) is 2.48. The van der Waals surface area contributed by atoms with Crippen LogP contribution in [0, 0.1) is 5.82 Å². The summed E-state index contributed by atoms with van der Waals surface area (Å²) in [4.78, 5) is 0. The van der Waals surface area contributed by atoms with E-state index in [0.29, 0.717) is 6.04 Å². The Morgan fingerprint density at radius 1 is 1.35 bits per heavy atom. The van der Waals surface area contributed by atoms with Crippen LogP contribution in [0.2, 0.25) is 0 Å². The maximum Gasteiger partial charge on any atom is 0.123 e. The highest BCUT2D eigenvalue weighted by Gasteiger charge is 2.24. The molecular formula is C16H20FN3. The highest BCUT2D eigenvalue weighted by molar-refractivity contribution is 5.37. The molecule has 0 spiro atoms. The van der Waals surface area contributed by atoms with Gasteiger partial charge in [0.15, 0.2) is 0 Å². The molecule has 0 aliphatic heterocycles. The van der Waals surface area contributed by atoms with Crippen LogP contribution in [0.5, 0.6) is 0 Å². The standard InChI is InChI=1S/C16H20FN3/c1-2-10-18-15-4-3-5-16-14(15)11-19-20(16)13-8-6-12(17)7-9-13/h6-9,11,15,18H,2-5,10H2,1H3. The summed E-state index contributed by atoms with van der Waals surface area (Å²) in [6.07, 6.45) is 6.48. The van der Waals surface area contributed by atoms with Crippen molar-refractivity contribution in [2.45, 2.75) is 38.6 Å². The Morgan fingerprint density at radius 2 is 2.15 bits per heavy atom. The van der Waals surface area contributed by atoms with Gasteiger partial charge in [-0.15, -0.1) is 0 Å². The number of benzene rings is 1. The van der Waals surface area contributed by atoms with E-state index in [1.54, 1.807) is 12.1 Å². The van der Waals surface area contributed by atoms with E-state index < -0.39 is 0 Å². The molecule has 0 fully saturated rings. The number of aromatic nitrogens is 2. The first kappa shape index (κ1) is 13.3. The first-order valence-electron chi connectivity index (χ1n) is 7.35. The molecule has 0 amide bonds. The van der Waals surface area contributed by atoms with Crippen LogP contribution in [0.1, 0.15) is 43.5 Å². The number of fused-ring (bicyclic) bond motifs is 1. The predicted molar refractivity (Wildman–Crippen MR) is 77.5 cm³/mol. The second-order valence-electron chi connectivity index (χ2n) is 5.33. The summed E-state index contributed by atoms with van der Waals surface area (Å²) in [5.74, 6) is -0.211. The summed E-state index contributed by atoms with van der Waals surface area (Å²) < 4.78 is 15.0. The van der Waals surface area contributed by atoms with Crippen LogP contribution in [0.15, 0.2) is 30.5 Å². The van der Waals surface area contributed by atoms with E-state index >= 15 is 0 Å². The minimum absolute atomic E-state index is 0.211. The van der Waals surface area contributed by atoms with Gasteiger partial charge in [0.2, 0.25) is 0 Å². The normalized spacial score (nSPS) is 18.0. The van der Waals surface area contributed by atoms with Gasteiger partial charge in [-0.2, -0.15) is 5.10 Å². The lowest BCUT2D eigenvalue weighted by atomic mass is 9.93. The molecule has 106 valence electrons. The lowest BCUT2D eigenvalue weighted by Gasteiger charge is -2.24. The summed E-state index contributed by atoms with van der Waals surface area (Å²) in [6.45, 7) is 3.21. The first-order valence-corrected chi connectivity index (χ1v) is 7.35. The Hall–Kier alpha value is -1.68. The van der Waals surface area contributed by atoms with Gasteiger partial charge in [-0.1, -0.05) is 6.92 Å². The molecule has 1 aliphatic carbocycles. The number of rotatable bonds is 4. The van der Waals surface area contributed by atoms with E-state index in [2.05, 4.69) is 17.3 Å². The van der Waals surface area contributed by atoms with Gasteiger partial charge in [-0.05, 0) is 56.5 Å². The van der Waals surface area contributed by atoms with Crippen molar-refractivity contribution in [1.82, 2.24) is 15.1 Å². The molecule has 2 aromatic rings. The molecule has 1 aromatic carbocycles. The molecule has 0 bridgehead atoms. The number of hydrogen-bond donors (Lipinski definition) is 1. The van der Waals surface area contributed by atoms with Crippen molar-refractivity contribution in [3.63, 3.8) is 0 Å². The van der Waals surface area contributed by atoms with Gasteiger partial charge in [0.1, 0.15) is 5.82 Å². The van der Waals surface area contributed by atoms with Gasteiger partial charge in [-0.25, -0.2) is 9.07 Å². The Kier molecular flexibility index (Phi) is 3.83. The quantitative estimate of drug-likeness (QED) is 0.925. The van der Waals surface area contributed by atoms with Crippen LogP contribution in [-0.4, -0.2) is 16.3 Å². The minimum atomic E-state index is -0.211. The second-order valence-corrected chi connectivity index (χ2v) is 5.33. The zero-order valence-corrected chi connectivity index (χ0v) is 11.8. The summed E-state index contributed by atoms with van der Waals surface area (Å²) in [7, 11) is 0. The van der Waals surface area contributed by atoms with Crippen molar-refractivity contribution in [1.29, 1.82) is 0 Å². The number of hydrogen-bond acceptors (Lipinski definition) is 2. The van der Waals surface area contributed by atoms with Gasteiger partial charge in [0.25, 0.3) is 0 Å². The van der Waals surface area contributed by atoms with E-state index in [1.165, 1.54) is 36.2 Å². The molecule has 1 atom stereocenters. The SMILES string of the molecule is CCCNC1CCCc2c1cnn2-c1ccc(F)cc1. The van der Waals surface area contributed by atoms with Crippen molar-refractivity contribution in [2.75, 3.05) is 6.54 Å². The Morgan fingerprint density at radius 3 is 2.90 bits per heavy atom. The summed E-state index contributed by atoms with van der Waals surface area (Å²) in [5, 5.41) is 8.10. The fourth-order valence-electron chi connectivity index (χ4n) is 2.89. The molecule has 1 aliphatic rings. The molecule has 0 radical (unpaired) electrons. The Balaban J connectivity index is 1.91. The molecule has 1 heterocycles. The van der Waals surface area contributed by atoms with Crippen LogP contribution >= 0.6 is 0 Å². The van der Waals surface area contributed by atoms with Crippen molar-refractivity contribution < 1.29 is 4.39 Å². The molecule has 0 saturated carbocycles. The molecular weight excluding hydrogens is 253 g/mol. The maximum absolute atomic E-state index is 13.0. The molecule has 4 heteroatoms. The van der Waals surface area contributed by atoms with Crippen LogP contribution in [0.25, 0.3) is 5.69 Å². The average Bonchev–Trinajstić information content (AvgIpc) is 2.90. The molecule has 1 aromatic heterocycles. The first-order chi connectivity index (χ1) is 9.79. The minimum Gasteiger partial charge on any atom is -0.310 e. The van der Waals surface area contributed by atoms with Gasteiger partial charge < -0.3 is 5.32 Å². The Labute approximate surface area is 118 Å². The third-order valence-corrected chi connectivity index (χ3v) is 3.89. The Bertz CT molecular complexity index is 574. The van der Waals surface area contributed by atoms with Crippen molar-refractivity contribution >= 4 is 0 Å². The predicted octanol–water partition coefficient (Wildman–Crippen LogP) is 3.39.